The first-order chi connectivity index (χ1) is 23.8. The highest BCUT2D eigenvalue weighted by Crippen LogP contribution is 2.42. The lowest BCUT2D eigenvalue weighted by molar-refractivity contribution is -0.140. The molecule has 0 aliphatic carbocycles. The highest BCUT2D eigenvalue weighted by Gasteiger charge is 2.39. The monoisotopic (exact) mass is 666 g/mol. The number of carbonyl (C=O) groups excluding carboxylic acids is 1. The number of H-pyrrole nitrogens is 1. The summed E-state index contributed by atoms with van der Waals surface area (Å²) in [6.07, 6.45) is -0.941. The van der Waals surface area contributed by atoms with E-state index < -0.39 is 48.4 Å². The second-order valence-corrected chi connectivity index (χ2v) is 11.2. The highest BCUT2D eigenvalue weighted by molar-refractivity contribution is 5.89. The van der Waals surface area contributed by atoms with Gasteiger partial charge in [0.15, 0.2) is 6.23 Å². The second kappa shape index (κ2) is 16.1. The van der Waals surface area contributed by atoms with Crippen molar-refractivity contribution in [2.24, 2.45) is 0 Å². The minimum absolute atomic E-state index is 0.177. The molecule has 2 N–H and O–H groups in total. The van der Waals surface area contributed by atoms with Gasteiger partial charge in [0.25, 0.3) is 5.56 Å². The number of ether oxygens (including phenoxy) is 5. The Kier molecular flexibility index (Phi) is 11.4. The first kappa shape index (κ1) is 34.8. The van der Waals surface area contributed by atoms with Gasteiger partial charge in [-0.3, -0.25) is 14.3 Å². The Morgan fingerprint density at radius 3 is 1.84 bits per heavy atom. The van der Waals surface area contributed by atoms with Crippen molar-refractivity contribution in [3.05, 3.63) is 164 Å². The highest BCUT2D eigenvalue weighted by atomic mass is 16.6. The number of aromatic amines is 1. The van der Waals surface area contributed by atoms with Crippen LogP contribution >= 0.6 is 0 Å². The Morgan fingerprint density at radius 2 is 1.31 bits per heavy atom. The van der Waals surface area contributed by atoms with Crippen molar-refractivity contribution in [1.82, 2.24) is 9.55 Å². The molecule has 0 fully saturated rings. The molecule has 0 amide bonds. The Hall–Kier alpha value is -5.49. The molecule has 2 atom stereocenters. The molecule has 0 aliphatic rings. The van der Waals surface area contributed by atoms with Gasteiger partial charge >= 0.3 is 11.7 Å². The molecule has 0 saturated heterocycles. The first-order valence-electron chi connectivity index (χ1n) is 15.6. The predicted molar refractivity (Wildman–Crippen MR) is 182 cm³/mol. The van der Waals surface area contributed by atoms with Gasteiger partial charge in [-0.25, -0.2) is 9.59 Å². The minimum atomic E-state index is -1.23. The summed E-state index contributed by atoms with van der Waals surface area (Å²) in [5.41, 5.74) is 0.324. The van der Waals surface area contributed by atoms with E-state index in [1.807, 2.05) is 78.9 Å². The molecule has 4 aromatic carbocycles. The zero-order valence-corrected chi connectivity index (χ0v) is 27.4. The normalized spacial score (nSPS) is 12.6. The lowest BCUT2D eigenvalue weighted by Crippen LogP contribution is -2.41. The number of nitrogens with one attached hydrogen (secondary N) is 1. The quantitative estimate of drug-likeness (QED) is 0.121. The molecule has 49 heavy (non-hydrogen) atoms. The van der Waals surface area contributed by atoms with Crippen molar-refractivity contribution >= 4 is 5.97 Å². The molecule has 0 unspecified atom stereocenters. The van der Waals surface area contributed by atoms with Crippen molar-refractivity contribution < 1.29 is 33.6 Å². The number of nitrogens with zero attached hydrogens (tertiary/aromatic N) is 1. The number of aromatic nitrogens is 2. The maximum Gasteiger partial charge on any atom is 0.338 e. The molecule has 0 radical (unpaired) electrons. The average molecular weight is 667 g/mol. The molecule has 0 bridgehead atoms. The largest absolute Gasteiger partial charge is 0.497 e. The van der Waals surface area contributed by atoms with E-state index in [9.17, 15) is 19.5 Å². The zero-order chi connectivity index (χ0) is 34.8. The van der Waals surface area contributed by atoms with Crippen LogP contribution in [0.2, 0.25) is 0 Å². The molecule has 5 rings (SSSR count). The number of methoxy groups -OCH3 is 2. The maximum absolute atomic E-state index is 13.0. The molecule has 5 aromatic rings. The van der Waals surface area contributed by atoms with E-state index in [1.165, 1.54) is 13.1 Å². The van der Waals surface area contributed by atoms with Gasteiger partial charge in [0.2, 0.25) is 0 Å². The lowest BCUT2D eigenvalue weighted by atomic mass is 9.80. The number of aliphatic hydroxyl groups is 1. The Labute approximate surface area is 283 Å². The molecule has 11 nitrogen and oxygen atoms in total. The summed E-state index contributed by atoms with van der Waals surface area (Å²) in [4.78, 5) is 40.2. The minimum Gasteiger partial charge on any atom is -0.497 e. The van der Waals surface area contributed by atoms with Gasteiger partial charge < -0.3 is 28.8 Å². The van der Waals surface area contributed by atoms with Crippen molar-refractivity contribution in [3.8, 4) is 11.5 Å². The molecule has 0 aliphatic heterocycles. The van der Waals surface area contributed by atoms with E-state index in [0.29, 0.717) is 17.1 Å². The third-order valence-corrected chi connectivity index (χ3v) is 8.03. The Bertz CT molecular complexity index is 1880. The average Bonchev–Trinajstić information content (AvgIpc) is 3.15. The SMILES string of the molecule is COc1ccc(C(OC[C@H](CO)O[C@H](COC(=O)c2ccccc2)n2cc(C)c(=O)[nH]c2=O)(c2ccccc2)c2ccc(OC)cc2)cc1. The third kappa shape index (κ3) is 7.98. The Morgan fingerprint density at radius 1 is 0.776 bits per heavy atom. The van der Waals surface area contributed by atoms with Crippen molar-refractivity contribution in [2.45, 2.75) is 24.9 Å². The van der Waals surface area contributed by atoms with Gasteiger partial charge in [-0.15, -0.1) is 0 Å². The fraction of sp³-hybridized carbons (Fsp3) is 0.237. The molecule has 254 valence electrons. The van der Waals surface area contributed by atoms with Crippen LogP contribution in [0.4, 0.5) is 0 Å². The number of aryl methyl sites for hydroxylation is 1. The number of hydrogen-bond acceptors (Lipinski definition) is 9. The van der Waals surface area contributed by atoms with Crippen LogP contribution in [0.3, 0.4) is 0 Å². The molecule has 0 saturated carbocycles. The standard InChI is InChI=1S/C38H38N2O9/c1-26-22-40(37(44)39-35(26)42)34(25-47-36(43)27-10-6-4-7-11-27)49-33(23-41)24-48-38(28-12-8-5-9-13-28,29-14-18-31(45-2)19-15-29)30-16-20-32(46-3)21-17-30/h4-22,33-34,41H,23-25H2,1-3H3,(H,39,42,44)/t33-,34+/m0/s1. The van der Waals surface area contributed by atoms with E-state index in [-0.39, 0.29) is 12.2 Å². The van der Waals surface area contributed by atoms with E-state index in [2.05, 4.69) is 4.98 Å². The van der Waals surface area contributed by atoms with Crippen molar-refractivity contribution in [3.63, 3.8) is 0 Å². The summed E-state index contributed by atoms with van der Waals surface area (Å²) in [5.74, 6) is 0.681. The summed E-state index contributed by atoms with van der Waals surface area (Å²) in [7, 11) is 3.18. The predicted octanol–water partition coefficient (Wildman–Crippen LogP) is 4.60. The van der Waals surface area contributed by atoms with Crippen LogP contribution in [-0.2, 0) is 19.8 Å². The van der Waals surface area contributed by atoms with Crippen molar-refractivity contribution in [2.75, 3.05) is 34.0 Å². The molecule has 1 heterocycles. The van der Waals surface area contributed by atoms with E-state index in [0.717, 1.165) is 21.3 Å². The molecular weight excluding hydrogens is 628 g/mol. The number of rotatable bonds is 15. The van der Waals surface area contributed by atoms with Crippen LogP contribution in [0.25, 0.3) is 0 Å². The smallest absolute Gasteiger partial charge is 0.338 e. The molecule has 0 spiro atoms. The van der Waals surface area contributed by atoms with Gasteiger partial charge in [0, 0.05) is 11.8 Å². The summed E-state index contributed by atoms with van der Waals surface area (Å²) in [6, 6.07) is 32.9. The van der Waals surface area contributed by atoms with Crippen LogP contribution in [-0.4, -0.2) is 60.8 Å². The van der Waals surface area contributed by atoms with Crippen LogP contribution < -0.4 is 20.7 Å². The van der Waals surface area contributed by atoms with Gasteiger partial charge in [0.05, 0.1) is 33.0 Å². The lowest BCUT2D eigenvalue weighted by Gasteiger charge is -2.37. The number of benzene rings is 4. The number of aliphatic hydroxyl groups excluding tert-OH is 1. The van der Waals surface area contributed by atoms with Crippen molar-refractivity contribution in [1.29, 1.82) is 0 Å². The number of hydrogen-bond donors (Lipinski definition) is 2. The van der Waals surface area contributed by atoms with Gasteiger partial charge in [0.1, 0.15) is 29.8 Å². The van der Waals surface area contributed by atoms with Crippen LogP contribution in [0, 0.1) is 6.92 Å². The topological polar surface area (TPSA) is 138 Å². The fourth-order valence-electron chi connectivity index (χ4n) is 5.44. The third-order valence-electron chi connectivity index (χ3n) is 8.03. The summed E-state index contributed by atoms with van der Waals surface area (Å²) >= 11 is 0. The zero-order valence-electron chi connectivity index (χ0n) is 27.4. The first-order valence-corrected chi connectivity index (χ1v) is 15.6. The maximum atomic E-state index is 13.0. The van der Waals surface area contributed by atoms with E-state index in [4.69, 9.17) is 23.7 Å². The second-order valence-electron chi connectivity index (χ2n) is 11.2. The summed E-state index contributed by atoms with van der Waals surface area (Å²) < 4.78 is 30.7. The van der Waals surface area contributed by atoms with Crippen LogP contribution in [0.5, 0.6) is 11.5 Å². The summed E-state index contributed by atoms with van der Waals surface area (Å²) in [5, 5.41) is 10.6. The van der Waals surface area contributed by atoms with Gasteiger partial charge in [-0.05, 0) is 60.0 Å². The number of esters is 1. The fourth-order valence-corrected chi connectivity index (χ4v) is 5.44. The molecule has 1 aromatic heterocycles. The van der Waals surface area contributed by atoms with Gasteiger partial charge in [-0.1, -0.05) is 72.8 Å². The molecular formula is C38H38N2O9. The molecule has 11 heteroatoms. The summed E-state index contributed by atoms with van der Waals surface area (Å²) in [6.45, 7) is 0.433. The Balaban J connectivity index is 1.52. The van der Waals surface area contributed by atoms with E-state index >= 15 is 0 Å². The number of carbonyl (C=O) groups is 1. The van der Waals surface area contributed by atoms with Crippen LogP contribution in [0.15, 0.2) is 125 Å². The van der Waals surface area contributed by atoms with Gasteiger partial charge in [-0.2, -0.15) is 0 Å². The van der Waals surface area contributed by atoms with E-state index in [1.54, 1.807) is 44.6 Å². The van der Waals surface area contributed by atoms with Crippen LogP contribution in [0.1, 0.15) is 38.8 Å².